The number of aliphatic carboxylic acids is 1. The summed E-state index contributed by atoms with van der Waals surface area (Å²) in [5.41, 5.74) is 11.0. The molecular weight excluding hydrogens is 230 g/mol. The smallest absolute Gasteiger partial charge is 0.317 e. The van der Waals surface area contributed by atoms with Crippen LogP contribution in [0.4, 0.5) is 0 Å². The quantitative estimate of drug-likeness (QED) is 0.383. The number of carbonyl (C=O) groups is 1. The zero-order valence-electron chi connectivity index (χ0n) is 11.8. The van der Waals surface area contributed by atoms with Crippen LogP contribution in [0, 0.1) is 5.92 Å². The highest BCUT2D eigenvalue weighted by atomic mass is 16.4. The van der Waals surface area contributed by atoms with Crippen LogP contribution in [0.25, 0.3) is 0 Å². The minimum atomic E-state index is -0.824. The number of rotatable bonds is 11. The number of hydrogen-bond donors (Lipinski definition) is 3. The van der Waals surface area contributed by atoms with Crippen molar-refractivity contribution in [3.05, 3.63) is 0 Å². The first-order valence-corrected chi connectivity index (χ1v) is 6.87. The molecule has 5 heteroatoms. The number of carboxylic acids is 1. The molecule has 0 amide bonds. The molecule has 0 unspecified atom stereocenters. The van der Waals surface area contributed by atoms with Crippen molar-refractivity contribution in [3.8, 4) is 0 Å². The number of nitrogens with zero attached hydrogens (tertiary/aromatic N) is 1. The van der Waals surface area contributed by atoms with E-state index < -0.39 is 12.1 Å². The molecule has 0 fully saturated rings. The number of nitrogens with two attached hydrogens (primary N) is 2. The van der Waals surface area contributed by atoms with E-state index in [0.29, 0.717) is 6.54 Å². The van der Waals surface area contributed by atoms with Crippen molar-refractivity contribution in [2.24, 2.45) is 17.4 Å². The second-order valence-corrected chi connectivity index (χ2v) is 5.39. The molecule has 0 radical (unpaired) electrons. The van der Waals surface area contributed by atoms with Crippen LogP contribution in [0.2, 0.25) is 0 Å². The van der Waals surface area contributed by atoms with E-state index in [1.807, 2.05) is 4.90 Å². The van der Waals surface area contributed by atoms with Crippen molar-refractivity contribution < 1.29 is 9.90 Å². The predicted octanol–water partition coefficient (Wildman–Crippen LogP) is 1.22. The van der Waals surface area contributed by atoms with Crippen LogP contribution in [0.15, 0.2) is 0 Å². The van der Waals surface area contributed by atoms with Crippen molar-refractivity contribution in [1.29, 1.82) is 0 Å². The zero-order valence-corrected chi connectivity index (χ0v) is 11.8. The summed E-state index contributed by atoms with van der Waals surface area (Å²) in [6.45, 7) is 5.70. The molecule has 0 atom stereocenters. The fourth-order valence-corrected chi connectivity index (χ4v) is 1.97. The van der Waals surface area contributed by atoms with Crippen LogP contribution >= 0.6 is 0 Å². The third kappa shape index (κ3) is 11.8. The van der Waals surface area contributed by atoms with E-state index >= 15 is 0 Å². The van der Waals surface area contributed by atoms with Crippen molar-refractivity contribution in [2.45, 2.75) is 52.1 Å². The van der Waals surface area contributed by atoms with Gasteiger partial charge in [-0.2, -0.15) is 0 Å². The molecule has 0 aromatic rings. The maximum absolute atomic E-state index is 10.7. The van der Waals surface area contributed by atoms with Crippen molar-refractivity contribution in [1.82, 2.24) is 4.90 Å². The number of carboxylic acid groups (broad SMARTS) is 1. The maximum Gasteiger partial charge on any atom is 0.317 e. The largest absolute Gasteiger partial charge is 0.480 e. The Morgan fingerprint density at radius 2 is 1.78 bits per heavy atom. The summed E-state index contributed by atoms with van der Waals surface area (Å²) in [6.07, 6.45) is 5.43. The van der Waals surface area contributed by atoms with Crippen LogP contribution in [0.3, 0.4) is 0 Å². The Labute approximate surface area is 111 Å². The van der Waals surface area contributed by atoms with Gasteiger partial charge in [-0.1, -0.05) is 39.5 Å². The van der Waals surface area contributed by atoms with Crippen LogP contribution in [0.1, 0.15) is 46.0 Å². The normalized spacial score (nSPS) is 11.7. The Kier molecular flexibility index (Phi) is 9.92. The molecule has 108 valence electrons. The summed E-state index contributed by atoms with van der Waals surface area (Å²) in [7, 11) is 0. The lowest BCUT2D eigenvalue weighted by atomic mass is 10.0. The van der Waals surface area contributed by atoms with Crippen molar-refractivity contribution in [2.75, 3.05) is 19.6 Å². The zero-order chi connectivity index (χ0) is 14.0. The topological polar surface area (TPSA) is 92.6 Å². The third-order valence-corrected chi connectivity index (χ3v) is 2.83. The molecule has 0 rings (SSSR count). The van der Waals surface area contributed by atoms with Gasteiger partial charge in [0.25, 0.3) is 0 Å². The molecule has 18 heavy (non-hydrogen) atoms. The molecule has 0 saturated carbocycles. The highest BCUT2D eigenvalue weighted by molar-refractivity contribution is 5.69. The van der Waals surface area contributed by atoms with Crippen LogP contribution in [-0.2, 0) is 4.79 Å². The van der Waals surface area contributed by atoms with Gasteiger partial charge in [-0.15, -0.1) is 0 Å². The summed E-state index contributed by atoms with van der Waals surface area (Å²) in [5.74, 6) is -0.0563. The van der Waals surface area contributed by atoms with Gasteiger partial charge in [-0.25, -0.2) is 0 Å². The lowest BCUT2D eigenvalue weighted by molar-refractivity contribution is -0.138. The summed E-state index contributed by atoms with van der Waals surface area (Å²) in [5, 5.41) is 8.78. The van der Waals surface area contributed by atoms with Crippen LogP contribution in [-0.4, -0.2) is 41.8 Å². The molecule has 0 spiro atoms. The van der Waals surface area contributed by atoms with E-state index in [4.69, 9.17) is 16.6 Å². The standard InChI is InChI=1S/C13H29N3O2/c1-11(2)7-5-3-4-6-8-16(9-12(14)15)10-13(17)18/h11-12H,3-10,14-15H2,1-2H3,(H,17,18). The van der Waals surface area contributed by atoms with E-state index in [9.17, 15) is 4.79 Å². The monoisotopic (exact) mass is 259 g/mol. The average molecular weight is 259 g/mol. The van der Waals surface area contributed by atoms with E-state index in [-0.39, 0.29) is 6.54 Å². The van der Waals surface area contributed by atoms with Gasteiger partial charge in [0, 0.05) is 6.54 Å². The Balaban J connectivity index is 3.65. The lowest BCUT2D eigenvalue weighted by Crippen LogP contribution is -2.45. The Bertz CT molecular complexity index is 220. The van der Waals surface area contributed by atoms with E-state index in [1.54, 1.807) is 0 Å². The van der Waals surface area contributed by atoms with Crippen LogP contribution < -0.4 is 11.5 Å². The molecular formula is C13H29N3O2. The summed E-state index contributed by atoms with van der Waals surface area (Å²) in [4.78, 5) is 12.5. The molecule has 0 bridgehead atoms. The molecule has 0 aliphatic heterocycles. The fraction of sp³-hybridized carbons (Fsp3) is 0.923. The molecule has 5 nitrogen and oxygen atoms in total. The van der Waals surface area contributed by atoms with Gasteiger partial charge in [-0.3, -0.25) is 9.69 Å². The highest BCUT2D eigenvalue weighted by Gasteiger charge is 2.11. The molecule has 0 heterocycles. The van der Waals surface area contributed by atoms with Gasteiger partial charge in [0.15, 0.2) is 0 Å². The minimum Gasteiger partial charge on any atom is -0.480 e. The van der Waals surface area contributed by atoms with E-state index in [0.717, 1.165) is 25.3 Å². The maximum atomic E-state index is 10.7. The second kappa shape index (κ2) is 10.3. The Hall–Kier alpha value is -0.650. The van der Waals surface area contributed by atoms with Gasteiger partial charge in [-0.05, 0) is 18.9 Å². The third-order valence-electron chi connectivity index (χ3n) is 2.83. The molecule has 0 aliphatic rings. The highest BCUT2D eigenvalue weighted by Crippen LogP contribution is 2.09. The summed E-state index contributed by atoms with van der Waals surface area (Å²) >= 11 is 0. The van der Waals surface area contributed by atoms with Gasteiger partial charge < -0.3 is 16.6 Å². The SMILES string of the molecule is CC(C)CCCCCCN(CC(=O)O)CC(N)N. The molecule has 0 aliphatic carbocycles. The summed E-state index contributed by atoms with van der Waals surface area (Å²) in [6, 6.07) is 0. The van der Waals surface area contributed by atoms with Gasteiger partial charge in [0.05, 0.1) is 12.7 Å². The first-order chi connectivity index (χ1) is 8.41. The fourth-order valence-electron chi connectivity index (χ4n) is 1.97. The molecule has 0 aromatic carbocycles. The van der Waals surface area contributed by atoms with Gasteiger partial charge in [0.1, 0.15) is 0 Å². The van der Waals surface area contributed by atoms with Crippen molar-refractivity contribution >= 4 is 5.97 Å². The molecule has 0 aromatic heterocycles. The lowest BCUT2D eigenvalue weighted by Gasteiger charge is -2.21. The predicted molar refractivity (Wildman–Crippen MR) is 74.2 cm³/mol. The van der Waals surface area contributed by atoms with Crippen LogP contribution in [0.5, 0.6) is 0 Å². The van der Waals surface area contributed by atoms with Gasteiger partial charge in [0.2, 0.25) is 0 Å². The van der Waals surface area contributed by atoms with Crippen molar-refractivity contribution in [3.63, 3.8) is 0 Å². The number of unbranched alkanes of at least 4 members (excludes halogenated alkanes) is 3. The molecule has 0 saturated heterocycles. The first kappa shape index (κ1) is 17.4. The first-order valence-electron chi connectivity index (χ1n) is 6.87. The van der Waals surface area contributed by atoms with Gasteiger partial charge >= 0.3 is 5.97 Å². The molecule has 5 N–H and O–H groups in total. The average Bonchev–Trinajstić information content (AvgIpc) is 2.20. The van der Waals surface area contributed by atoms with E-state index in [1.165, 1.54) is 19.3 Å². The Morgan fingerprint density at radius 3 is 2.28 bits per heavy atom. The van der Waals surface area contributed by atoms with E-state index in [2.05, 4.69) is 13.8 Å². The summed E-state index contributed by atoms with van der Waals surface area (Å²) < 4.78 is 0. The Morgan fingerprint density at radius 1 is 1.17 bits per heavy atom. The minimum absolute atomic E-state index is 0.0247. The number of hydrogen-bond acceptors (Lipinski definition) is 4. The second-order valence-electron chi connectivity index (χ2n) is 5.39.